The van der Waals surface area contributed by atoms with Gasteiger partial charge < -0.3 is 9.47 Å². The highest BCUT2D eigenvalue weighted by Crippen LogP contribution is 2.29. The van der Waals surface area contributed by atoms with Crippen LogP contribution < -0.4 is 9.47 Å². The van der Waals surface area contributed by atoms with Gasteiger partial charge in [0.15, 0.2) is 11.5 Å². The summed E-state index contributed by atoms with van der Waals surface area (Å²) in [6, 6.07) is 12.0. The van der Waals surface area contributed by atoms with Gasteiger partial charge in [0.05, 0.1) is 12.8 Å². The molecule has 0 radical (unpaired) electrons. The average molecular weight is 340 g/mol. The Balaban J connectivity index is 1.76. The summed E-state index contributed by atoms with van der Waals surface area (Å²) < 4.78 is 26.5. The first-order chi connectivity index (χ1) is 12.3. The number of nitrogens with zero attached hydrogens (tertiary/aromatic N) is 4. The van der Waals surface area contributed by atoms with E-state index in [-0.39, 0.29) is 12.4 Å². The van der Waals surface area contributed by atoms with Crippen molar-refractivity contribution in [3.63, 3.8) is 0 Å². The average Bonchev–Trinajstić information content (AvgIpc) is 3.14. The Morgan fingerprint density at radius 3 is 2.64 bits per heavy atom. The summed E-state index contributed by atoms with van der Waals surface area (Å²) >= 11 is 0. The van der Waals surface area contributed by atoms with Gasteiger partial charge in [-0.15, -0.1) is 10.2 Å². The molecule has 0 N–H and O–H groups in total. The third-order valence-corrected chi connectivity index (χ3v) is 3.36. The van der Waals surface area contributed by atoms with Crippen LogP contribution in [0.4, 0.5) is 4.39 Å². The Kier molecular flexibility index (Phi) is 5.36. The molecule has 0 saturated carbocycles. The minimum atomic E-state index is -0.293. The van der Waals surface area contributed by atoms with E-state index in [1.54, 1.807) is 30.5 Å². The highest BCUT2D eigenvalue weighted by Gasteiger charge is 2.08. The lowest BCUT2D eigenvalue weighted by Crippen LogP contribution is -2.02. The van der Waals surface area contributed by atoms with Crippen LogP contribution >= 0.6 is 0 Å². The van der Waals surface area contributed by atoms with E-state index in [1.807, 2.05) is 19.1 Å². The summed E-state index contributed by atoms with van der Waals surface area (Å²) in [4.78, 5) is 0. The summed E-state index contributed by atoms with van der Waals surface area (Å²) in [5.41, 5.74) is 1.32. The lowest BCUT2D eigenvalue weighted by molar-refractivity contribution is 0.266. The Hall–Kier alpha value is -3.22. The van der Waals surface area contributed by atoms with E-state index in [0.717, 1.165) is 5.56 Å². The van der Waals surface area contributed by atoms with Gasteiger partial charge in [0, 0.05) is 5.56 Å². The van der Waals surface area contributed by atoms with E-state index in [9.17, 15) is 4.39 Å². The lowest BCUT2D eigenvalue weighted by Gasteiger charge is -2.13. The van der Waals surface area contributed by atoms with Gasteiger partial charge in [0.1, 0.15) is 25.1 Å². The predicted octanol–water partition coefficient (Wildman–Crippen LogP) is 3.28. The van der Waals surface area contributed by atoms with Crippen LogP contribution in [0, 0.1) is 5.82 Å². The fourth-order valence-corrected chi connectivity index (χ4v) is 2.15. The van der Waals surface area contributed by atoms with Crippen molar-refractivity contribution in [2.75, 3.05) is 6.61 Å². The third-order valence-electron chi connectivity index (χ3n) is 3.36. The molecule has 2 aromatic carbocycles. The molecule has 0 aliphatic rings. The topological polar surface area (TPSA) is 61.5 Å². The molecule has 1 aromatic heterocycles. The Labute approximate surface area is 144 Å². The molecule has 7 heteroatoms. The molecule has 0 spiro atoms. The summed E-state index contributed by atoms with van der Waals surface area (Å²) in [5.74, 6) is 0.830. The van der Waals surface area contributed by atoms with Gasteiger partial charge in [-0.2, -0.15) is 5.10 Å². The number of ether oxygens (including phenoxy) is 2. The van der Waals surface area contributed by atoms with Crippen LogP contribution in [0.5, 0.6) is 11.5 Å². The van der Waals surface area contributed by atoms with Crippen LogP contribution in [-0.2, 0) is 6.61 Å². The van der Waals surface area contributed by atoms with Gasteiger partial charge in [-0.05, 0) is 36.8 Å². The monoisotopic (exact) mass is 340 g/mol. The highest BCUT2D eigenvalue weighted by molar-refractivity contribution is 5.80. The first kappa shape index (κ1) is 16.6. The van der Waals surface area contributed by atoms with Crippen LogP contribution in [0.2, 0.25) is 0 Å². The summed E-state index contributed by atoms with van der Waals surface area (Å²) in [6.45, 7) is 2.50. The number of halogens is 1. The van der Waals surface area contributed by atoms with Gasteiger partial charge in [-0.1, -0.05) is 18.2 Å². The molecule has 25 heavy (non-hydrogen) atoms. The molecule has 0 amide bonds. The largest absolute Gasteiger partial charge is 0.490 e. The van der Waals surface area contributed by atoms with E-state index < -0.39 is 0 Å². The first-order valence-electron chi connectivity index (χ1n) is 7.78. The zero-order chi connectivity index (χ0) is 17.5. The van der Waals surface area contributed by atoms with Gasteiger partial charge in [-0.25, -0.2) is 9.07 Å². The summed E-state index contributed by atoms with van der Waals surface area (Å²) in [5, 5.41) is 11.6. The molecule has 0 fully saturated rings. The van der Waals surface area contributed by atoms with Gasteiger partial charge in [0.25, 0.3) is 0 Å². The standard InChI is InChI=1S/C18H17FN4O2/c1-2-24-18-9-14(10-22-23-12-20-21-13-23)7-8-17(18)25-11-15-5-3-4-6-16(15)19/h3-10,12-13H,2,11H2,1H3/b22-10-. The van der Waals surface area contributed by atoms with Crippen molar-refractivity contribution in [2.45, 2.75) is 13.5 Å². The first-order valence-corrected chi connectivity index (χ1v) is 7.78. The van der Waals surface area contributed by atoms with Crippen LogP contribution in [0.3, 0.4) is 0 Å². The van der Waals surface area contributed by atoms with Crippen molar-refractivity contribution in [3.8, 4) is 11.5 Å². The van der Waals surface area contributed by atoms with Crippen molar-refractivity contribution in [2.24, 2.45) is 5.10 Å². The number of hydrogen-bond acceptors (Lipinski definition) is 5. The molecule has 0 aliphatic carbocycles. The number of hydrogen-bond donors (Lipinski definition) is 0. The maximum Gasteiger partial charge on any atom is 0.161 e. The van der Waals surface area contributed by atoms with Gasteiger partial charge in [-0.3, -0.25) is 0 Å². The number of aromatic nitrogens is 3. The Bertz CT molecular complexity index is 850. The molecule has 3 rings (SSSR count). The van der Waals surface area contributed by atoms with Gasteiger partial charge in [0.2, 0.25) is 0 Å². The SMILES string of the molecule is CCOc1cc(/C=N\n2cnnc2)ccc1OCc1ccccc1F. The molecule has 1 heterocycles. The zero-order valence-corrected chi connectivity index (χ0v) is 13.7. The second-order valence-electron chi connectivity index (χ2n) is 5.11. The van der Waals surface area contributed by atoms with Crippen molar-refractivity contribution in [1.82, 2.24) is 14.9 Å². The molecule has 3 aromatic rings. The predicted molar refractivity (Wildman–Crippen MR) is 91.4 cm³/mol. The Morgan fingerprint density at radius 2 is 1.88 bits per heavy atom. The summed E-state index contributed by atoms with van der Waals surface area (Å²) in [7, 11) is 0. The number of benzene rings is 2. The fourth-order valence-electron chi connectivity index (χ4n) is 2.15. The molecule has 128 valence electrons. The maximum absolute atomic E-state index is 13.7. The molecule has 0 saturated heterocycles. The molecule has 0 unspecified atom stereocenters. The number of rotatable bonds is 7. The van der Waals surface area contributed by atoms with Crippen molar-refractivity contribution >= 4 is 6.21 Å². The zero-order valence-electron chi connectivity index (χ0n) is 13.7. The van der Waals surface area contributed by atoms with E-state index in [0.29, 0.717) is 23.7 Å². The minimum absolute atomic E-state index is 0.126. The lowest BCUT2D eigenvalue weighted by atomic mass is 10.2. The van der Waals surface area contributed by atoms with E-state index in [4.69, 9.17) is 9.47 Å². The summed E-state index contributed by atoms with van der Waals surface area (Å²) in [6.07, 6.45) is 4.64. The second-order valence-corrected chi connectivity index (χ2v) is 5.11. The van der Waals surface area contributed by atoms with E-state index >= 15 is 0 Å². The normalized spacial score (nSPS) is 11.0. The van der Waals surface area contributed by atoms with Gasteiger partial charge >= 0.3 is 0 Å². The molecule has 0 aliphatic heterocycles. The molecular weight excluding hydrogens is 323 g/mol. The smallest absolute Gasteiger partial charge is 0.161 e. The molecule has 0 bridgehead atoms. The second kappa shape index (κ2) is 8.05. The van der Waals surface area contributed by atoms with Crippen LogP contribution in [0.25, 0.3) is 0 Å². The van der Waals surface area contributed by atoms with Crippen molar-refractivity contribution in [1.29, 1.82) is 0 Å². The Morgan fingerprint density at radius 1 is 1.08 bits per heavy atom. The van der Waals surface area contributed by atoms with Crippen LogP contribution in [0.1, 0.15) is 18.1 Å². The molecule has 0 atom stereocenters. The minimum Gasteiger partial charge on any atom is -0.490 e. The molecular formula is C18H17FN4O2. The third kappa shape index (κ3) is 4.41. The van der Waals surface area contributed by atoms with E-state index in [1.165, 1.54) is 23.4 Å². The highest BCUT2D eigenvalue weighted by atomic mass is 19.1. The van der Waals surface area contributed by atoms with Crippen LogP contribution in [0.15, 0.2) is 60.2 Å². The van der Waals surface area contributed by atoms with Crippen molar-refractivity contribution in [3.05, 3.63) is 72.1 Å². The quantitative estimate of drug-likeness (QED) is 0.619. The van der Waals surface area contributed by atoms with E-state index in [2.05, 4.69) is 15.3 Å². The van der Waals surface area contributed by atoms with Crippen LogP contribution in [-0.4, -0.2) is 27.7 Å². The van der Waals surface area contributed by atoms with Crippen molar-refractivity contribution < 1.29 is 13.9 Å². The fraction of sp³-hybridized carbons (Fsp3) is 0.167. The maximum atomic E-state index is 13.7. The molecule has 6 nitrogen and oxygen atoms in total.